The monoisotopic (exact) mass is 138 g/mol. The summed E-state index contributed by atoms with van der Waals surface area (Å²) in [5.41, 5.74) is 6.29. The van der Waals surface area contributed by atoms with Gasteiger partial charge in [-0.3, -0.25) is 4.79 Å². The number of hydrogen-bond acceptors (Lipinski definition) is 2. The van der Waals surface area contributed by atoms with Gasteiger partial charge in [-0.05, 0) is 18.6 Å². The molecule has 0 unspecified atom stereocenters. The number of H-pyrrole nitrogens is 1. The molecule has 0 saturated heterocycles. The normalized spacial score (nSPS) is 13.0. The van der Waals surface area contributed by atoms with Crippen LogP contribution in [-0.2, 0) is 0 Å². The third kappa shape index (κ3) is 1.45. The summed E-state index contributed by atoms with van der Waals surface area (Å²) in [5, 5.41) is 0. The summed E-state index contributed by atoms with van der Waals surface area (Å²) in [6, 6.07) is 3.23. The number of hydrogen-bond donors (Lipinski definition) is 2. The second-order valence-electron chi connectivity index (χ2n) is 2.27. The standard InChI is InChI=1S/C7H10N2O/c1-5(8)6-2-3-9-7(10)4-6/h2-5H,8H2,1H3,(H,9,10)/t5-/m0/s1. The Hall–Kier alpha value is -1.09. The largest absolute Gasteiger partial charge is 0.329 e. The number of pyridine rings is 1. The van der Waals surface area contributed by atoms with Crippen molar-refractivity contribution in [1.29, 1.82) is 0 Å². The van der Waals surface area contributed by atoms with Crippen LogP contribution in [0.25, 0.3) is 0 Å². The quantitative estimate of drug-likeness (QED) is 0.590. The summed E-state index contributed by atoms with van der Waals surface area (Å²) in [6.07, 6.45) is 1.60. The van der Waals surface area contributed by atoms with E-state index < -0.39 is 0 Å². The number of aromatic amines is 1. The van der Waals surface area contributed by atoms with E-state index in [1.807, 2.05) is 6.92 Å². The maximum absolute atomic E-state index is 10.7. The van der Waals surface area contributed by atoms with Gasteiger partial charge in [0.15, 0.2) is 0 Å². The molecule has 0 spiro atoms. The van der Waals surface area contributed by atoms with Crippen molar-refractivity contribution >= 4 is 0 Å². The molecule has 10 heavy (non-hydrogen) atoms. The highest BCUT2D eigenvalue weighted by Gasteiger charge is 1.96. The molecule has 0 aliphatic carbocycles. The van der Waals surface area contributed by atoms with Crippen molar-refractivity contribution in [3.05, 3.63) is 34.2 Å². The number of nitrogens with two attached hydrogens (primary N) is 1. The van der Waals surface area contributed by atoms with Gasteiger partial charge in [-0.15, -0.1) is 0 Å². The van der Waals surface area contributed by atoms with Crippen LogP contribution in [0.4, 0.5) is 0 Å². The van der Waals surface area contributed by atoms with Crippen LogP contribution in [0.5, 0.6) is 0 Å². The van der Waals surface area contributed by atoms with Crippen molar-refractivity contribution in [3.63, 3.8) is 0 Å². The minimum atomic E-state index is -0.102. The molecule has 3 heteroatoms. The van der Waals surface area contributed by atoms with E-state index in [0.29, 0.717) is 0 Å². The second-order valence-corrected chi connectivity index (χ2v) is 2.27. The van der Waals surface area contributed by atoms with Crippen LogP contribution in [0, 0.1) is 0 Å². The first-order valence-electron chi connectivity index (χ1n) is 3.14. The lowest BCUT2D eigenvalue weighted by atomic mass is 10.1. The van der Waals surface area contributed by atoms with Gasteiger partial charge in [0.05, 0.1) is 0 Å². The molecule has 1 rings (SSSR count). The molecule has 0 radical (unpaired) electrons. The summed E-state index contributed by atoms with van der Waals surface area (Å²) in [5.74, 6) is 0. The van der Waals surface area contributed by atoms with Gasteiger partial charge < -0.3 is 10.7 Å². The zero-order valence-electron chi connectivity index (χ0n) is 5.79. The maximum atomic E-state index is 10.7. The third-order valence-electron chi connectivity index (χ3n) is 1.32. The molecule has 3 N–H and O–H groups in total. The van der Waals surface area contributed by atoms with Crippen LogP contribution >= 0.6 is 0 Å². The Morgan fingerprint density at radius 1 is 1.70 bits per heavy atom. The van der Waals surface area contributed by atoms with E-state index in [9.17, 15) is 4.79 Å². The maximum Gasteiger partial charge on any atom is 0.248 e. The SMILES string of the molecule is C[C@H](N)c1cc[nH]c(=O)c1. The fourth-order valence-electron chi connectivity index (χ4n) is 0.744. The zero-order valence-corrected chi connectivity index (χ0v) is 5.79. The van der Waals surface area contributed by atoms with Crippen molar-refractivity contribution in [2.24, 2.45) is 5.73 Å². The van der Waals surface area contributed by atoms with Crippen LogP contribution in [-0.4, -0.2) is 4.98 Å². The molecule has 1 aromatic rings. The molecule has 0 saturated carbocycles. The summed E-state index contributed by atoms with van der Waals surface area (Å²) in [7, 11) is 0. The Balaban J connectivity index is 3.07. The lowest BCUT2D eigenvalue weighted by molar-refractivity contribution is 0.813. The Bertz CT molecular complexity index is 264. The fourth-order valence-corrected chi connectivity index (χ4v) is 0.744. The minimum Gasteiger partial charge on any atom is -0.329 e. The molecule has 1 heterocycles. The highest BCUT2D eigenvalue weighted by Crippen LogP contribution is 2.03. The van der Waals surface area contributed by atoms with E-state index >= 15 is 0 Å². The molecule has 0 aliphatic heterocycles. The first kappa shape index (κ1) is 7.02. The number of rotatable bonds is 1. The highest BCUT2D eigenvalue weighted by molar-refractivity contribution is 5.13. The van der Waals surface area contributed by atoms with Crippen molar-refractivity contribution in [1.82, 2.24) is 4.98 Å². The average molecular weight is 138 g/mol. The zero-order chi connectivity index (χ0) is 7.56. The Kier molecular flexibility index (Phi) is 1.87. The molecular weight excluding hydrogens is 128 g/mol. The number of aromatic nitrogens is 1. The lowest BCUT2D eigenvalue weighted by Crippen LogP contribution is -2.10. The van der Waals surface area contributed by atoms with Crippen LogP contribution < -0.4 is 11.3 Å². The van der Waals surface area contributed by atoms with Gasteiger partial charge in [-0.1, -0.05) is 0 Å². The molecule has 1 aromatic heterocycles. The van der Waals surface area contributed by atoms with Gasteiger partial charge in [0, 0.05) is 18.3 Å². The second kappa shape index (κ2) is 2.66. The topological polar surface area (TPSA) is 58.9 Å². The van der Waals surface area contributed by atoms with E-state index in [1.54, 1.807) is 12.3 Å². The van der Waals surface area contributed by atoms with Gasteiger partial charge in [0.1, 0.15) is 0 Å². The van der Waals surface area contributed by atoms with Crippen molar-refractivity contribution in [2.75, 3.05) is 0 Å². The molecule has 0 aliphatic rings. The van der Waals surface area contributed by atoms with Crippen LogP contribution in [0.15, 0.2) is 23.1 Å². The molecule has 0 amide bonds. The Morgan fingerprint density at radius 2 is 2.40 bits per heavy atom. The van der Waals surface area contributed by atoms with Crippen molar-refractivity contribution in [2.45, 2.75) is 13.0 Å². The van der Waals surface area contributed by atoms with Gasteiger partial charge in [0.25, 0.3) is 0 Å². The predicted octanol–water partition coefficient (Wildman–Crippen LogP) is 0.395. The predicted molar refractivity (Wildman–Crippen MR) is 39.7 cm³/mol. The van der Waals surface area contributed by atoms with Gasteiger partial charge in [-0.2, -0.15) is 0 Å². The average Bonchev–Trinajstić information content (AvgIpc) is 1.88. The van der Waals surface area contributed by atoms with E-state index in [4.69, 9.17) is 5.73 Å². The van der Waals surface area contributed by atoms with Crippen molar-refractivity contribution < 1.29 is 0 Å². The molecule has 3 nitrogen and oxygen atoms in total. The molecule has 0 fully saturated rings. The highest BCUT2D eigenvalue weighted by atomic mass is 16.1. The molecule has 0 bridgehead atoms. The Morgan fingerprint density at radius 3 is 2.80 bits per heavy atom. The molecule has 1 atom stereocenters. The smallest absolute Gasteiger partial charge is 0.248 e. The van der Waals surface area contributed by atoms with Crippen LogP contribution in [0.1, 0.15) is 18.5 Å². The molecule has 54 valence electrons. The summed E-state index contributed by atoms with van der Waals surface area (Å²) in [4.78, 5) is 13.2. The number of nitrogens with one attached hydrogen (secondary N) is 1. The Labute approximate surface area is 58.9 Å². The van der Waals surface area contributed by atoms with E-state index in [0.717, 1.165) is 5.56 Å². The van der Waals surface area contributed by atoms with Crippen molar-refractivity contribution in [3.8, 4) is 0 Å². The van der Waals surface area contributed by atoms with Gasteiger partial charge in [0.2, 0.25) is 5.56 Å². The third-order valence-corrected chi connectivity index (χ3v) is 1.32. The fraction of sp³-hybridized carbons (Fsp3) is 0.286. The molecule has 0 aromatic carbocycles. The summed E-state index contributed by atoms with van der Waals surface area (Å²) in [6.45, 7) is 1.84. The van der Waals surface area contributed by atoms with E-state index in [-0.39, 0.29) is 11.6 Å². The first-order chi connectivity index (χ1) is 4.70. The van der Waals surface area contributed by atoms with Gasteiger partial charge in [-0.25, -0.2) is 0 Å². The van der Waals surface area contributed by atoms with Crippen LogP contribution in [0.2, 0.25) is 0 Å². The van der Waals surface area contributed by atoms with E-state index in [1.165, 1.54) is 6.07 Å². The summed E-state index contributed by atoms with van der Waals surface area (Å²) < 4.78 is 0. The first-order valence-corrected chi connectivity index (χ1v) is 3.14. The summed E-state index contributed by atoms with van der Waals surface area (Å²) >= 11 is 0. The molecular formula is C7H10N2O. The van der Waals surface area contributed by atoms with Crippen LogP contribution in [0.3, 0.4) is 0 Å². The minimum absolute atomic E-state index is 0.0673. The lowest BCUT2D eigenvalue weighted by Gasteiger charge is -2.01. The van der Waals surface area contributed by atoms with E-state index in [2.05, 4.69) is 4.98 Å². The van der Waals surface area contributed by atoms with Gasteiger partial charge >= 0.3 is 0 Å².